The summed E-state index contributed by atoms with van der Waals surface area (Å²) in [5, 5.41) is 0. The van der Waals surface area contributed by atoms with Gasteiger partial charge in [0.05, 0.1) is 0 Å². The van der Waals surface area contributed by atoms with Gasteiger partial charge in [-0.3, -0.25) is 9.59 Å². The average molecular weight is 182 g/mol. The Kier molecular flexibility index (Phi) is 4.13. The number of ketones is 2. The molecule has 0 bridgehead atoms. The van der Waals surface area contributed by atoms with Gasteiger partial charge in [-0.2, -0.15) is 0 Å². The van der Waals surface area contributed by atoms with Crippen molar-refractivity contribution < 1.29 is 9.59 Å². The van der Waals surface area contributed by atoms with Crippen LogP contribution >= 0.6 is 0 Å². The fourth-order valence-electron chi connectivity index (χ4n) is 1.85. The van der Waals surface area contributed by atoms with Crippen molar-refractivity contribution in [1.29, 1.82) is 0 Å². The molecule has 1 aliphatic carbocycles. The Morgan fingerprint density at radius 1 is 1.54 bits per heavy atom. The zero-order valence-corrected chi connectivity index (χ0v) is 8.34. The van der Waals surface area contributed by atoms with Crippen molar-refractivity contribution in [2.75, 3.05) is 0 Å². The molecule has 1 aliphatic rings. The molecule has 0 amide bonds. The predicted molar refractivity (Wildman–Crippen MR) is 51.5 cm³/mol. The standard InChI is InChI=1S/C11H18O2/c1-2-3-6-10(12)8-9-5-4-7-11(9)13/h9H,2-8H2,1H3. The van der Waals surface area contributed by atoms with Gasteiger partial charge in [0.15, 0.2) is 0 Å². The molecule has 0 saturated heterocycles. The smallest absolute Gasteiger partial charge is 0.136 e. The molecule has 1 atom stereocenters. The summed E-state index contributed by atoms with van der Waals surface area (Å²) in [4.78, 5) is 22.6. The third-order valence-corrected chi connectivity index (χ3v) is 2.71. The maximum atomic E-state index is 11.4. The zero-order chi connectivity index (χ0) is 9.68. The Balaban J connectivity index is 2.23. The number of Topliss-reactive ketones (excluding diaryl/α,β-unsaturated/α-hetero) is 2. The van der Waals surface area contributed by atoms with Crippen LogP contribution in [0.1, 0.15) is 51.9 Å². The lowest BCUT2D eigenvalue weighted by molar-refractivity contribution is -0.126. The molecule has 13 heavy (non-hydrogen) atoms. The minimum Gasteiger partial charge on any atom is -0.300 e. The van der Waals surface area contributed by atoms with Crippen LogP contribution in [0.2, 0.25) is 0 Å². The molecule has 0 aromatic rings. The van der Waals surface area contributed by atoms with E-state index in [4.69, 9.17) is 0 Å². The van der Waals surface area contributed by atoms with Crippen molar-refractivity contribution in [3.05, 3.63) is 0 Å². The lowest BCUT2D eigenvalue weighted by Gasteiger charge is -2.05. The van der Waals surface area contributed by atoms with Gasteiger partial charge in [0, 0.05) is 25.2 Å². The van der Waals surface area contributed by atoms with Crippen LogP contribution in [-0.2, 0) is 9.59 Å². The maximum absolute atomic E-state index is 11.4. The summed E-state index contributed by atoms with van der Waals surface area (Å²) in [5.74, 6) is 0.663. The summed E-state index contributed by atoms with van der Waals surface area (Å²) in [6, 6.07) is 0. The van der Waals surface area contributed by atoms with E-state index in [1.807, 2.05) is 0 Å². The van der Waals surface area contributed by atoms with Gasteiger partial charge in [-0.25, -0.2) is 0 Å². The van der Waals surface area contributed by atoms with E-state index in [9.17, 15) is 9.59 Å². The van der Waals surface area contributed by atoms with Crippen LogP contribution in [0.25, 0.3) is 0 Å². The third-order valence-electron chi connectivity index (χ3n) is 2.71. The first kappa shape index (κ1) is 10.4. The monoisotopic (exact) mass is 182 g/mol. The van der Waals surface area contributed by atoms with Crippen LogP contribution in [0.3, 0.4) is 0 Å². The van der Waals surface area contributed by atoms with Crippen molar-refractivity contribution >= 4 is 11.6 Å². The van der Waals surface area contributed by atoms with E-state index in [1.165, 1.54) is 0 Å². The first-order valence-corrected chi connectivity index (χ1v) is 5.28. The average Bonchev–Trinajstić information content (AvgIpc) is 2.48. The lowest BCUT2D eigenvalue weighted by Crippen LogP contribution is -2.12. The van der Waals surface area contributed by atoms with Crippen molar-refractivity contribution in [2.45, 2.75) is 51.9 Å². The van der Waals surface area contributed by atoms with Gasteiger partial charge < -0.3 is 0 Å². The summed E-state index contributed by atoms with van der Waals surface area (Å²) >= 11 is 0. The molecular formula is C11H18O2. The zero-order valence-electron chi connectivity index (χ0n) is 8.34. The summed E-state index contributed by atoms with van der Waals surface area (Å²) in [5.41, 5.74) is 0. The second kappa shape index (κ2) is 5.15. The molecular weight excluding hydrogens is 164 g/mol. The van der Waals surface area contributed by atoms with E-state index < -0.39 is 0 Å². The number of carbonyl (C=O) groups excluding carboxylic acids is 2. The molecule has 0 aliphatic heterocycles. The van der Waals surface area contributed by atoms with Gasteiger partial charge in [-0.15, -0.1) is 0 Å². The molecule has 1 rings (SSSR count). The molecule has 2 heteroatoms. The van der Waals surface area contributed by atoms with Crippen molar-refractivity contribution in [3.63, 3.8) is 0 Å². The van der Waals surface area contributed by atoms with E-state index in [2.05, 4.69) is 6.92 Å². The topological polar surface area (TPSA) is 34.1 Å². The van der Waals surface area contributed by atoms with Crippen LogP contribution in [0.4, 0.5) is 0 Å². The molecule has 0 aromatic heterocycles. The highest BCUT2D eigenvalue weighted by molar-refractivity contribution is 5.89. The van der Waals surface area contributed by atoms with Crippen LogP contribution in [0.15, 0.2) is 0 Å². The van der Waals surface area contributed by atoms with Gasteiger partial charge in [0.2, 0.25) is 0 Å². The highest BCUT2D eigenvalue weighted by Gasteiger charge is 2.25. The second-order valence-corrected chi connectivity index (χ2v) is 3.90. The van der Waals surface area contributed by atoms with Gasteiger partial charge in [-0.05, 0) is 19.3 Å². The maximum Gasteiger partial charge on any atom is 0.136 e. The van der Waals surface area contributed by atoms with Gasteiger partial charge >= 0.3 is 0 Å². The predicted octanol–water partition coefficient (Wildman–Crippen LogP) is 2.51. The molecule has 0 spiro atoms. The quantitative estimate of drug-likeness (QED) is 0.654. The molecule has 1 saturated carbocycles. The number of hydrogen-bond acceptors (Lipinski definition) is 2. The van der Waals surface area contributed by atoms with Gasteiger partial charge in [0.1, 0.15) is 11.6 Å². The Morgan fingerprint density at radius 2 is 2.31 bits per heavy atom. The Bertz CT molecular complexity index is 196. The fraction of sp³-hybridized carbons (Fsp3) is 0.818. The molecule has 0 aromatic carbocycles. The third kappa shape index (κ3) is 3.29. The van der Waals surface area contributed by atoms with E-state index in [0.29, 0.717) is 25.0 Å². The molecule has 0 radical (unpaired) electrons. The molecule has 74 valence electrons. The van der Waals surface area contributed by atoms with Crippen molar-refractivity contribution in [3.8, 4) is 0 Å². The van der Waals surface area contributed by atoms with Crippen LogP contribution in [0.5, 0.6) is 0 Å². The number of hydrogen-bond donors (Lipinski definition) is 0. The van der Waals surface area contributed by atoms with Crippen molar-refractivity contribution in [1.82, 2.24) is 0 Å². The molecule has 2 nitrogen and oxygen atoms in total. The SMILES string of the molecule is CCCCC(=O)CC1CCCC1=O. The highest BCUT2D eigenvalue weighted by Crippen LogP contribution is 2.25. The summed E-state index contributed by atoms with van der Waals surface area (Å²) in [7, 11) is 0. The van der Waals surface area contributed by atoms with Crippen LogP contribution in [-0.4, -0.2) is 11.6 Å². The largest absolute Gasteiger partial charge is 0.300 e. The van der Waals surface area contributed by atoms with Crippen LogP contribution in [0, 0.1) is 5.92 Å². The Labute approximate surface area is 79.7 Å². The summed E-state index contributed by atoms with van der Waals surface area (Å²) in [6.45, 7) is 2.08. The van der Waals surface area contributed by atoms with Gasteiger partial charge in [-0.1, -0.05) is 13.3 Å². The van der Waals surface area contributed by atoms with Gasteiger partial charge in [0.25, 0.3) is 0 Å². The van der Waals surface area contributed by atoms with Crippen molar-refractivity contribution in [2.24, 2.45) is 5.92 Å². The summed E-state index contributed by atoms with van der Waals surface area (Å²) in [6.07, 6.45) is 5.84. The Morgan fingerprint density at radius 3 is 2.85 bits per heavy atom. The van der Waals surface area contributed by atoms with E-state index >= 15 is 0 Å². The molecule has 0 N–H and O–H groups in total. The molecule has 0 heterocycles. The number of unbranched alkanes of at least 4 members (excludes halogenated alkanes) is 1. The minimum absolute atomic E-state index is 0.0735. The second-order valence-electron chi connectivity index (χ2n) is 3.90. The first-order chi connectivity index (χ1) is 6.24. The lowest BCUT2D eigenvalue weighted by atomic mass is 9.98. The summed E-state index contributed by atoms with van der Waals surface area (Å²) < 4.78 is 0. The van der Waals surface area contributed by atoms with E-state index in [-0.39, 0.29) is 11.7 Å². The number of carbonyl (C=O) groups is 2. The van der Waals surface area contributed by atoms with Crippen LogP contribution < -0.4 is 0 Å². The first-order valence-electron chi connectivity index (χ1n) is 5.28. The minimum atomic E-state index is 0.0735. The fourth-order valence-corrected chi connectivity index (χ4v) is 1.85. The molecule has 1 unspecified atom stereocenters. The Hall–Kier alpha value is -0.660. The van der Waals surface area contributed by atoms with E-state index in [0.717, 1.165) is 25.7 Å². The highest BCUT2D eigenvalue weighted by atomic mass is 16.1. The van der Waals surface area contributed by atoms with E-state index in [1.54, 1.807) is 0 Å². The number of rotatable bonds is 5. The normalized spacial score (nSPS) is 22.2. The molecule has 1 fully saturated rings.